The number of hydrogen-bond donors (Lipinski definition) is 1. The predicted octanol–water partition coefficient (Wildman–Crippen LogP) is 3.44. The fourth-order valence-electron chi connectivity index (χ4n) is 1.87. The molecule has 0 amide bonds. The molecule has 1 aromatic heterocycles. The van der Waals surface area contributed by atoms with Gasteiger partial charge in [-0.2, -0.15) is 0 Å². The molecule has 98 valence electrons. The van der Waals surface area contributed by atoms with Gasteiger partial charge in [0.2, 0.25) is 0 Å². The molecule has 0 radical (unpaired) electrons. The largest absolute Gasteiger partial charge is 0.489 e. The first-order chi connectivity index (χ1) is 9.26. The van der Waals surface area contributed by atoms with Gasteiger partial charge >= 0.3 is 0 Å². The van der Waals surface area contributed by atoms with Gasteiger partial charge < -0.3 is 9.84 Å². The van der Waals surface area contributed by atoms with Crippen LogP contribution in [-0.2, 0) is 6.61 Å². The normalized spacial score (nSPS) is 14.4. The highest BCUT2D eigenvalue weighted by Gasteiger charge is 2.24. The lowest BCUT2D eigenvalue weighted by atomic mass is 10.1. The number of hydrogen-bond acceptors (Lipinski definition) is 3. The Labute approximate surface area is 116 Å². The van der Waals surface area contributed by atoms with Gasteiger partial charge in [0.05, 0.1) is 17.7 Å². The Balaban J connectivity index is 1.89. The molecular weight excluding hydrogens is 262 g/mol. The molecule has 19 heavy (non-hydrogen) atoms. The minimum Gasteiger partial charge on any atom is -0.489 e. The molecule has 0 unspecified atom stereocenters. The van der Waals surface area contributed by atoms with E-state index in [2.05, 4.69) is 4.98 Å². The molecule has 1 saturated carbocycles. The lowest BCUT2D eigenvalue weighted by Crippen LogP contribution is -1.96. The number of halogens is 1. The van der Waals surface area contributed by atoms with Gasteiger partial charge in [-0.05, 0) is 42.2 Å². The zero-order valence-corrected chi connectivity index (χ0v) is 11.1. The number of nitrogens with zero attached hydrogens (tertiary/aromatic N) is 1. The lowest BCUT2D eigenvalue weighted by molar-refractivity contribution is 0.281. The Morgan fingerprint density at radius 2 is 2.05 bits per heavy atom. The summed E-state index contributed by atoms with van der Waals surface area (Å²) in [4.78, 5) is 4.11. The summed E-state index contributed by atoms with van der Waals surface area (Å²) in [5, 5.41) is 9.74. The molecular formula is C15H14ClNO2. The molecule has 0 saturated heterocycles. The Kier molecular flexibility index (Phi) is 3.40. The van der Waals surface area contributed by atoms with Crippen LogP contribution in [0.3, 0.4) is 0 Å². The summed E-state index contributed by atoms with van der Waals surface area (Å²) < 4.78 is 5.70. The van der Waals surface area contributed by atoms with Crippen molar-refractivity contribution in [1.29, 1.82) is 0 Å². The SMILES string of the molecule is OCc1cncc(-c2ccc(OC3CC3)c(Cl)c2)c1. The third-order valence-electron chi connectivity index (χ3n) is 3.06. The second-order valence-corrected chi connectivity index (χ2v) is 5.11. The lowest BCUT2D eigenvalue weighted by Gasteiger charge is -2.09. The van der Waals surface area contributed by atoms with E-state index in [1.54, 1.807) is 12.4 Å². The first-order valence-electron chi connectivity index (χ1n) is 6.27. The molecule has 1 fully saturated rings. The maximum absolute atomic E-state index is 9.13. The first kappa shape index (κ1) is 12.5. The van der Waals surface area contributed by atoms with E-state index in [0.717, 1.165) is 35.3 Å². The van der Waals surface area contributed by atoms with E-state index in [4.69, 9.17) is 21.4 Å². The van der Waals surface area contributed by atoms with Crippen LogP contribution in [0.1, 0.15) is 18.4 Å². The highest BCUT2D eigenvalue weighted by atomic mass is 35.5. The second kappa shape index (κ2) is 5.19. The van der Waals surface area contributed by atoms with Crippen molar-refractivity contribution < 1.29 is 9.84 Å². The smallest absolute Gasteiger partial charge is 0.138 e. The van der Waals surface area contributed by atoms with E-state index >= 15 is 0 Å². The van der Waals surface area contributed by atoms with E-state index in [1.165, 1.54) is 0 Å². The molecule has 1 aliphatic carbocycles. The average Bonchev–Trinajstić information content (AvgIpc) is 3.25. The zero-order chi connectivity index (χ0) is 13.2. The Hall–Kier alpha value is -1.58. The van der Waals surface area contributed by atoms with Crippen LogP contribution in [0.4, 0.5) is 0 Å². The molecule has 0 spiro atoms. The quantitative estimate of drug-likeness (QED) is 0.929. The van der Waals surface area contributed by atoms with Crippen molar-refractivity contribution in [2.45, 2.75) is 25.6 Å². The number of aliphatic hydroxyl groups excluding tert-OH is 1. The van der Waals surface area contributed by atoms with Crippen LogP contribution in [0.2, 0.25) is 5.02 Å². The molecule has 4 heteroatoms. The molecule has 0 aliphatic heterocycles. The van der Waals surface area contributed by atoms with Crippen molar-refractivity contribution in [3.63, 3.8) is 0 Å². The number of aliphatic hydroxyl groups is 1. The topological polar surface area (TPSA) is 42.4 Å². The maximum Gasteiger partial charge on any atom is 0.138 e. The van der Waals surface area contributed by atoms with Crippen LogP contribution >= 0.6 is 11.6 Å². The number of rotatable bonds is 4. The Bertz CT molecular complexity index is 596. The van der Waals surface area contributed by atoms with Gasteiger partial charge in [0.15, 0.2) is 0 Å². The number of pyridine rings is 1. The van der Waals surface area contributed by atoms with Crippen LogP contribution in [0.5, 0.6) is 5.75 Å². The molecule has 0 atom stereocenters. The number of benzene rings is 1. The molecule has 0 bridgehead atoms. The summed E-state index contributed by atoms with van der Waals surface area (Å²) >= 11 is 6.23. The van der Waals surface area contributed by atoms with Gasteiger partial charge in [0, 0.05) is 18.0 Å². The van der Waals surface area contributed by atoms with Crippen molar-refractivity contribution in [1.82, 2.24) is 4.98 Å². The molecule has 2 aromatic rings. The van der Waals surface area contributed by atoms with Gasteiger partial charge in [-0.1, -0.05) is 17.7 Å². The third-order valence-corrected chi connectivity index (χ3v) is 3.36. The van der Waals surface area contributed by atoms with Gasteiger partial charge in [-0.3, -0.25) is 4.98 Å². The molecule has 3 rings (SSSR count). The van der Waals surface area contributed by atoms with Crippen molar-refractivity contribution in [2.24, 2.45) is 0 Å². The molecule has 1 N–H and O–H groups in total. The summed E-state index contributed by atoms with van der Waals surface area (Å²) in [7, 11) is 0. The minimum absolute atomic E-state index is 0.0164. The van der Waals surface area contributed by atoms with Gasteiger partial charge in [-0.15, -0.1) is 0 Å². The fraction of sp³-hybridized carbons (Fsp3) is 0.267. The Morgan fingerprint density at radius 3 is 2.74 bits per heavy atom. The zero-order valence-electron chi connectivity index (χ0n) is 10.3. The minimum atomic E-state index is -0.0164. The summed E-state index contributed by atoms with van der Waals surface area (Å²) in [6, 6.07) is 7.63. The molecule has 1 aromatic carbocycles. The highest BCUT2D eigenvalue weighted by Crippen LogP contribution is 2.34. The highest BCUT2D eigenvalue weighted by molar-refractivity contribution is 6.32. The van der Waals surface area contributed by atoms with E-state index in [9.17, 15) is 0 Å². The maximum atomic E-state index is 9.13. The van der Waals surface area contributed by atoms with Crippen LogP contribution in [0, 0.1) is 0 Å². The van der Waals surface area contributed by atoms with Gasteiger partial charge in [0.25, 0.3) is 0 Å². The van der Waals surface area contributed by atoms with Crippen LogP contribution in [-0.4, -0.2) is 16.2 Å². The van der Waals surface area contributed by atoms with E-state index < -0.39 is 0 Å². The van der Waals surface area contributed by atoms with Crippen LogP contribution < -0.4 is 4.74 Å². The molecule has 1 aliphatic rings. The van der Waals surface area contributed by atoms with Crippen molar-refractivity contribution in [3.05, 3.63) is 47.2 Å². The summed E-state index contributed by atoms with van der Waals surface area (Å²) in [5.74, 6) is 0.735. The molecule has 1 heterocycles. The van der Waals surface area contributed by atoms with E-state index in [0.29, 0.717) is 11.1 Å². The first-order valence-corrected chi connectivity index (χ1v) is 6.65. The van der Waals surface area contributed by atoms with Crippen LogP contribution in [0.25, 0.3) is 11.1 Å². The van der Waals surface area contributed by atoms with Gasteiger partial charge in [0.1, 0.15) is 5.75 Å². The standard InChI is InChI=1S/C15H14ClNO2/c16-14-6-11(1-4-15(14)19-13-2-3-13)12-5-10(9-18)7-17-8-12/h1,4-8,13,18H,2-3,9H2. The Morgan fingerprint density at radius 1 is 1.21 bits per heavy atom. The molecule has 3 nitrogen and oxygen atoms in total. The van der Waals surface area contributed by atoms with Crippen LogP contribution in [0.15, 0.2) is 36.7 Å². The number of ether oxygens (including phenoxy) is 1. The van der Waals surface area contributed by atoms with Gasteiger partial charge in [-0.25, -0.2) is 0 Å². The summed E-state index contributed by atoms with van der Waals surface area (Å²) in [6.45, 7) is -0.0164. The third kappa shape index (κ3) is 2.88. The fourth-order valence-corrected chi connectivity index (χ4v) is 2.10. The summed E-state index contributed by atoms with van der Waals surface area (Å²) in [6.07, 6.45) is 5.96. The monoisotopic (exact) mass is 275 g/mol. The van der Waals surface area contributed by atoms with Crippen molar-refractivity contribution in [3.8, 4) is 16.9 Å². The predicted molar refractivity (Wildman–Crippen MR) is 74.3 cm³/mol. The second-order valence-electron chi connectivity index (χ2n) is 4.70. The van der Waals surface area contributed by atoms with E-state index in [-0.39, 0.29) is 6.61 Å². The van der Waals surface area contributed by atoms with Crippen molar-refractivity contribution in [2.75, 3.05) is 0 Å². The average molecular weight is 276 g/mol. The number of aromatic nitrogens is 1. The van der Waals surface area contributed by atoms with E-state index in [1.807, 2.05) is 24.3 Å². The van der Waals surface area contributed by atoms with Crippen molar-refractivity contribution >= 4 is 11.6 Å². The summed E-state index contributed by atoms with van der Waals surface area (Å²) in [5.41, 5.74) is 2.69.